The first-order chi connectivity index (χ1) is 13.4. The van der Waals surface area contributed by atoms with E-state index >= 15 is 0 Å². The van der Waals surface area contributed by atoms with E-state index in [-0.39, 0.29) is 11.5 Å². The SMILES string of the molecule is CCCCOc1ccc(-c2cc3c(cc2OC)C(OC(N)=O)C(C)(C)C3)cc1. The van der Waals surface area contributed by atoms with Crippen molar-refractivity contribution in [3.63, 3.8) is 0 Å². The zero-order chi connectivity index (χ0) is 20.3. The molecule has 5 heteroatoms. The molecule has 3 rings (SSSR count). The lowest BCUT2D eigenvalue weighted by Gasteiger charge is -2.26. The Balaban J connectivity index is 1.93. The molecule has 0 saturated heterocycles. The molecule has 0 spiro atoms. The van der Waals surface area contributed by atoms with Crippen LogP contribution in [0.1, 0.15) is 50.8 Å². The summed E-state index contributed by atoms with van der Waals surface area (Å²) >= 11 is 0. The highest BCUT2D eigenvalue weighted by atomic mass is 16.6. The Morgan fingerprint density at radius 2 is 1.93 bits per heavy atom. The largest absolute Gasteiger partial charge is 0.496 e. The van der Waals surface area contributed by atoms with Gasteiger partial charge in [-0.05, 0) is 53.8 Å². The number of hydrogen-bond acceptors (Lipinski definition) is 4. The summed E-state index contributed by atoms with van der Waals surface area (Å²) in [6, 6.07) is 12.2. The lowest BCUT2D eigenvalue weighted by molar-refractivity contribution is 0.0391. The third-order valence-corrected chi connectivity index (χ3v) is 5.27. The van der Waals surface area contributed by atoms with Gasteiger partial charge in [-0.15, -0.1) is 0 Å². The monoisotopic (exact) mass is 383 g/mol. The number of hydrogen-bond donors (Lipinski definition) is 1. The maximum Gasteiger partial charge on any atom is 0.405 e. The molecule has 2 aromatic carbocycles. The van der Waals surface area contributed by atoms with Gasteiger partial charge in [0.2, 0.25) is 0 Å². The Labute approximate surface area is 166 Å². The van der Waals surface area contributed by atoms with Crippen LogP contribution in [0.5, 0.6) is 11.5 Å². The van der Waals surface area contributed by atoms with Crippen LogP contribution < -0.4 is 15.2 Å². The van der Waals surface area contributed by atoms with E-state index in [0.29, 0.717) is 0 Å². The summed E-state index contributed by atoms with van der Waals surface area (Å²) in [6.45, 7) is 7.03. The summed E-state index contributed by atoms with van der Waals surface area (Å²) in [5.41, 5.74) is 9.25. The number of amides is 1. The second-order valence-corrected chi connectivity index (χ2v) is 7.96. The number of nitrogens with two attached hydrogens (primary N) is 1. The van der Waals surface area contributed by atoms with Crippen molar-refractivity contribution >= 4 is 6.09 Å². The normalized spacial score (nSPS) is 17.1. The maximum absolute atomic E-state index is 11.4. The first-order valence-electron chi connectivity index (χ1n) is 9.76. The molecule has 0 saturated carbocycles. The van der Waals surface area contributed by atoms with Crippen molar-refractivity contribution in [2.75, 3.05) is 13.7 Å². The van der Waals surface area contributed by atoms with Crippen LogP contribution in [-0.4, -0.2) is 19.8 Å². The van der Waals surface area contributed by atoms with Gasteiger partial charge in [-0.25, -0.2) is 4.79 Å². The number of carbonyl (C=O) groups excluding carboxylic acids is 1. The molecule has 1 aliphatic carbocycles. The molecular formula is C23H29NO4. The van der Waals surface area contributed by atoms with Crippen molar-refractivity contribution in [3.8, 4) is 22.6 Å². The predicted molar refractivity (Wildman–Crippen MR) is 110 cm³/mol. The standard InChI is InChI=1S/C23H29NO4/c1-5-6-11-27-17-9-7-15(8-10-17)18-12-16-14-23(2,3)21(28-22(24)25)19(16)13-20(18)26-4/h7-10,12-13,21H,5-6,11,14H2,1-4H3,(H2,24,25). The highest BCUT2D eigenvalue weighted by molar-refractivity contribution is 5.74. The first-order valence-corrected chi connectivity index (χ1v) is 9.76. The second kappa shape index (κ2) is 8.13. The maximum atomic E-state index is 11.4. The summed E-state index contributed by atoms with van der Waals surface area (Å²) in [6.07, 6.45) is 1.83. The Bertz CT molecular complexity index is 842. The number of benzene rings is 2. The minimum Gasteiger partial charge on any atom is -0.496 e. The molecule has 2 aromatic rings. The number of methoxy groups -OCH3 is 1. The number of fused-ring (bicyclic) bond motifs is 1. The number of carbonyl (C=O) groups is 1. The summed E-state index contributed by atoms with van der Waals surface area (Å²) in [5, 5.41) is 0. The zero-order valence-electron chi connectivity index (χ0n) is 17.1. The Morgan fingerprint density at radius 1 is 1.21 bits per heavy atom. The molecule has 2 N–H and O–H groups in total. The Kier molecular flexibility index (Phi) is 5.82. The number of ether oxygens (including phenoxy) is 3. The molecule has 28 heavy (non-hydrogen) atoms. The van der Waals surface area contributed by atoms with Crippen molar-refractivity contribution in [2.45, 2.75) is 46.1 Å². The molecule has 1 aliphatic rings. The van der Waals surface area contributed by atoms with Gasteiger partial charge in [0.05, 0.1) is 13.7 Å². The quantitative estimate of drug-likeness (QED) is 0.662. The van der Waals surface area contributed by atoms with Crippen molar-refractivity contribution in [1.29, 1.82) is 0 Å². The molecule has 5 nitrogen and oxygen atoms in total. The average Bonchev–Trinajstić information content (AvgIpc) is 2.90. The Hall–Kier alpha value is -2.69. The van der Waals surface area contributed by atoms with Crippen LogP contribution in [0.3, 0.4) is 0 Å². The van der Waals surface area contributed by atoms with Crippen LogP contribution in [0.25, 0.3) is 11.1 Å². The van der Waals surface area contributed by atoms with Crippen LogP contribution in [0, 0.1) is 5.41 Å². The molecule has 0 heterocycles. The molecule has 0 radical (unpaired) electrons. The fourth-order valence-corrected chi connectivity index (χ4v) is 3.84. The molecule has 1 amide bonds. The summed E-state index contributed by atoms with van der Waals surface area (Å²) in [5.74, 6) is 1.61. The summed E-state index contributed by atoms with van der Waals surface area (Å²) in [7, 11) is 1.65. The molecule has 0 bridgehead atoms. The number of unbranched alkanes of at least 4 members (excludes halogenated alkanes) is 1. The molecular weight excluding hydrogens is 354 g/mol. The van der Waals surface area contributed by atoms with Crippen LogP contribution in [0.2, 0.25) is 0 Å². The lowest BCUT2D eigenvalue weighted by atomic mass is 9.87. The van der Waals surface area contributed by atoms with E-state index in [1.165, 1.54) is 0 Å². The van der Waals surface area contributed by atoms with Gasteiger partial charge in [-0.3, -0.25) is 0 Å². The average molecular weight is 383 g/mol. The topological polar surface area (TPSA) is 70.8 Å². The van der Waals surface area contributed by atoms with E-state index in [2.05, 4.69) is 26.8 Å². The fourth-order valence-electron chi connectivity index (χ4n) is 3.84. The van der Waals surface area contributed by atoms with E-state index in [9.17, 15) is 4.79 Å². The van der Waals surface area contributed by atoms with Crippen LogP contribution in [-0.2, 0) is 11.2 Å². The van der Waals surface area contributed by atoms with Crippen LogP contribution >= 0.6 is 0 Å². The predicted octanol–water partition coefficient (Wildman–Crippen LogP) is 5.26. The Morgan fingerprint density at radius 3 is 2.54 bits per heavy atom. The molecule has 0 aliphatic heterocycles. The molecule has 0 aromatic heterocycles. The lowest BCUT2D eigenvalue weighted by Crippen LogP contribution is -2.25. The smallest absolute Gasteiger partial charge is 0.405 e. The van der Waals surface area contributed by atoms with Crippen molar-refractivity contribution < 1.29 is 19.0 Å². The van der Waals surface area contributed by atoms with E-state index < -0.39 is 6.09 Å². The molecule has 150 valence electrons. The second-order valence-electron chi connectivity index (χ2n) is 7.96. The minimum absolute atomic E-state index is 0.224. The van der Waals surface area contributed by atoms with Gasteiger partial charge in [-0.2, -0.15) is 0 Å². The minimum atomic E-state index is -0.757. The van der Waals surface area contributed by atoms with E-state index in [1.807, 2.05) is 30.3 Å². The highest BCUT2D eigenvalue weighted by Gasteiger charge is 2.42. The van der Waals surface area contributed by atoms with Gasteiger partial charge < -0.3 is 19.9 Å². The van der Waals surface area contributed by atoms with Gasteiger partial charge in [0, 0.05) is 11.0 Å². The molecule has 1 atom stereocenters. The third kappa shape index (κ3) is 4.08. The molecule has 0 fully saturated rings. The van der Waals surface area contributed by atoms with E-state index in [1.54, 1.807) is 7.11 Å². The zero-order valence-corrected chi connectivity index (χ0v) is 17.1. The summed E-state index contributed by atoms with van der Waals surface area (Å²) < 4.78 is 16.8. The molecule has 1 unspecified atom stereocenters. The van der Waals surface area contributed by atoms with E-state index in [4.69, 9.17) is 19.9 Å². The van der Waals surface area contributed by atoms with Crippen molar-refractivity contribution in [3.05, 3.63) is 47.5 Å². The van der Waals surface area contributed by atoms with Gasteiger partial charge >= 0.3 is 6.09 Å². The van der Waals surface area contributed by atoms with Gasteiger partial charge in [0.1, 0.15) is 17.6 Å². The van der Waals surface area contributed by atoms with Crippen molar-refractivity contribution in [2.24, 2.45) is 11.1 Å². The van der Waals surface area contributed by atoms with Gasteiger partial charge in [-0.1, -0.05) is 39.3 Å². The van der Waals surface area contributed by atoms with E-state index in [0.717, 1.165) is 59.6 Å². The summed E-state index contributed by atoms with van der Waals surface area (Å²) in [4.78, 5) is 11.4. The van der Waals surface area contributed by atoms with Gasteiger partial charge in [0.15, 0.2) is 0 Å². The van der Waals surface area contributed by atoms with Crippen LogP contribution in [0.4, 0.5) is 4.79 Å². The fraction of sp³-hybridized carbons (Fsp3) is 0.435. The van der Waals surface area contributed by atoms with Gasteiger partial charge in [0.25, 0.3) is 0 Å². The number of primary amides is 1. The third-order valence-electron chi connectivity index (χ3n) is 5.27. The highest BCUT2D eigenvalue weighted by Crippen LogP contribution is 2.50. The van der Waals surface area contributed by atoms with Crippen LogP contribution in [0.15, 0.2) is 36.4 Å². The first kappa shape index (κ1) is 20.1. The number of rotatable bonds is 7. The van der Waals surface area contributed by atoms with Crippen molar-refractivity contribution in [1.82, 2.24) is 0 Å².